The van der Waals surface area contributed by atoms with Gasteiger partial charge in [-0.3, -0.25) is 29.0 Å². The smallest absolute Gasteiger partial charge is 0.326 e. The van der Waals surface area contributed by atoms with E-state index in [1.54, 1.807) is 13.8 Å². The minimum Gasteiger partial charge on any atom is -0.480 e. The molecule has 0 aliphatic rings. The number of aliphatic hydroxyl groups is 2. The number of carbonyl (C=O) groups is 6. The molecular formula is C33H51N11O9. The molecule has 2 aromatic rings. The van der Waals surface area contributed by atoms with Crippen molar-refractivity contribution in [3.8, 4) is 0 Å². The molecule has 0 spiro atoms. The third-order valence-electron chi connectivity index (χ3n) is 7.93. The molecular weight excluding hydrogens is 694 g/mol. The van der Waals surface area contributed by atoms with Gasteiger partial charge in [0.25, 0.3) is 0 Å². The molecule has 292 valence electrons. The van der Waals surface area contributed by atoms with Crippen LogP contribution in [-0.2, 0) is 41.6 Å². The number of aliphatic carboxylic acids is 1. The molecule has 53 heavy (non-hydrogen) atoms. The number of amides is 5. The lowest BCUT2D eigenvalue weighted by atomic mass is 10.0. The Bertz CT molecular complexity index is 1530. The topological polar surface area (TPSA) is 342 Å². The zero-order valence-corrected chi connectivity index (χ0v) is 29.8. The van der Waals surface area contributed by atoms with Crippen molar-refractivity contribution in [3.63, 3.8) is 0 Å². The summed E-state index contributed by atoms with van der Waals surface area (Å²) < 4.78 is 0. The van der Waals surface area contributed by atoms with Gasteiger partial charge in [0, 0.05) is 24.9 Å². The van der Waals surface area contributed by atoms with E-state index in [-0.39, 0.29) is 38.2 Å². The molecule has 1 aromatic heterocycles. The molecule has 1 heterocycles. The molecule has 15 N–H and O–H groups in total. The fourth-order valence-electron chi connectivity index (χ4n) is 4.99. The van der Waals surface area contributed by atoms with E-state index in [0.29, 0.717) is 5.69 Å². The third-order valence-corrected chi connectivity index (χ3v) is 7.93. The molecule has 0 bridgehead atoms. The summed E-state index contributed by atoms with van der Waals surface area (Å²) >= 11 is 0. The van der Waals surface area contributed by atoms with Crippen LogP contribution in [0.5, 0.6) is 0 Å². The van der Waals surface area contributed by atoms with E-state index in [2.05, 4.69) is 41.5 Å². The normalized spacial score (nSPS) is 15.0. The Morgan fingerprint density at radius 2 is 1.40 bits per heavy atom. The Kier molecular flexibility index (Phi) is 17.8. The van der Waals surface area contributed by atoms with Gasteiger partial charge in [-0.1, -0.05) is 44.2 Å². The Morgan fingerprint density at radius 1 is 0.811 bits per heavy atom. The quantitative estimate of drug-likeness (QED) is 0.0312. The molecule has 0 saturated carbocycles. The van der Waals surface area contributed by atoms with Crippen LogP contribution in [-0.4, -0.2) is 122 Å². The summed E-state index contributed by atoms with van der Waals surface area (Å²) in [5.41, 5.74) is 17.9. The zero-order valence-electron chi connectivity index (χ0n) is 29.8. The number of carbonyl (C=O) groups excluding carboxylic acids is 5. The van der Waals surface area contributed by atoms with Crippen LogP contribution in [0, 0.1) is 5.92 Å². The number of guanidine groups is 1. The highest BCUT2D eigenvalue weighted by atomic mass is 16.4. The predicted molar refractivity (Wildman–Crippen MR) is 191 cm³/mol. The maximum atomic E-state index is 13.6. The van der Waals surface area contributed by atoms with Gasteiger partial charge < -0.3 is 64.1 Å². The van der Waals surface area contributed by atoms with Gasteiger partial charge in [0.1, 0.15) is 30.2 Å². The number of imidazole rings is 1. The number of H-pyrrole nitrogens is 1. The van der Waals surface area contributed by atoms with E-state index in [1.165, 1.54) is 19.4 Å². The molecule has 7 atom stereocenters. The third kappa shape index (κ3) is 14.9. The maximum absolute atomic E-state index is 13.6. The second-order valence-electron chi connectivity index (χ2n) is 12.7. The number of carboxylic acids is 1. The van der Waals surface area contributed by atoms with Crippen LogP contribution >= 0.6 is 0 Å². The van der Waals surface area contributed by atoms with Gasteiger partial charge in [-0.05, 0) is 37.7 Å². The first kappa shape index (κ1) is 43.6. The van der Waals surface area contributed by atoms with Crippen LogP contribution < -0.4 is 43.8 Å². The maximum Gasteiger partial charge on any atom is 0.326 e. The van der Waals surface area contributed by atoms with Gasteiger partial charge in [0.15, 0.2) is 5.96 Å². The molecule has 1 aromatic carbocycles. The number of hydrogen-bond acceptors (Lipinski definition) is 11. The lowest BCUT2D eigenvalue weighted by Gasteiger charge is -2.28. The molecule has 20 heteroatoms. The van der Waals surface area contributed by atoms with Gasteiger partial charge in [-0.15, -0.1) is 0 Å². The van der Waals surface area contributed by atoms with Gasteiger partial charge in [0.2, 0.25) is 29.5 Å². The van der Waals surface area contributed by atoms with Gasteiger partial charge >= 0.3 is 5.97 Å². The first-order valence-corrected chi connectivity index (χ1v) is 16.9. The molecule has 0 aliphatic carbocycles. The van der Waals surface area contributed by atoms with Gasteiger partial charge in [0.05, 0.1) is 25.1 Å². The lowest BCUT2D eigenvalue weighted by molar-refractivity contribution is -0.143. The Balaban J connectivity index is 2.17. The number of nitrogens with zero attached hydrogens (tertiary/aromatic N) is 2. The monoisotopic (exact) mass is 745 g/mol. The standard InChI is InChI=1S/C33H51N11O9/c1-17(2)25(43-27(47)21(34)12-19-8-5-4-6-9-19)30(50)41-23(13-20-14-37-16-39-20)28(48)44-26(18(3)46)31(51)42-24(15-45)29(49)40-22(32(52)53)10-7-11-38-33(35)36/h4-6,8-9,14,16-18,21-26,45-46H,7,10-13,15,34H2,1-3H3,(H,37,39)(H,40,49)(H,41,50)(H,42,51)(H,43,47)(H,44,48)(H,52,53)(H4,35,36,38)/t18-,21+,22+,23+,24+,25+,26+/m1/s1. The van der Waals surface area contributed by atoms with Crippen LogP contribution in [0.1, 0.15) is 44.9 Å². The molecule has 0 fully saturated rings. The number of nitrogens with two attached hydrogens (primary N) is 3. The van der Waals surface area contributed by atoms with Gasteiger partial charge in [-0.25, -0.2) is 9.78 Å². The van der Waals surface area contributed by atoms with Crippen LogP contribution in [0.3, 0.4) is 0 Å². The number of carboxylic acid groups (broad SMARTS) is 1. The van der Waals surface area contributed by atoms with E-state index < -0.39 is 90.4 Å². The number of nitrogens with one attached hydrogen (secondary N) is 6. The van der Waals surface area contributed by atoms with Gasteiger partial charge in [-0.2, -0.15) is 0 Å². The van der Waals surface area contributed by atoms with E-state index in [0.717, 1.165) is 5.56 Å². The van der Waals surface area contributed by atoms with E-state index in [1.807, 2.05) is 30.3 Å². The first-order chi connectivity index (χ1) is 25.0. The highest BCUT2D eigenvalue weighted by Crippen LogP contribution is 2.08. The molecule has 0 saturated heterocycles. The number of aliphatic hydroxyl groups excluding tert-OH is 2. The van der Waals surface area contributed by atoms with Crippen molar-refractivity contribution < 1.29 is 44.1 Å². The first-order valence-electron chi connectivity index (χ1n) is 16.9. The summed E-state index contributed by atoms with van der Waals surface area (Å²) in [6.45, 7) is 3.68. The van der Waals surface area contributed by atoms with Crippen LogP contribution in [0.25, 0.3) is 0 Å². The number of aromatic amines is 1. The molecule has 20 nitrogen and oxygen atoms in total. The number of aromatic nitrogens is 2. The Hall–Kier alpha value is -5.60. The van der Waals surface area contributed by atoms with Crippen molar-refractivity contribution in [2.24, 2.45) is 28.1 Å². The minimum atomic E-state index is -1.71. The summed E-state index contributed by atoms with van der Waals surface area (Å²) in [7, 11) is 0. The van der Waals surface area contributed by atoms with E-state index in [9.17, 15) is 44.1 Å². The van der Waals surface area contributed by atoms with Crippen molar-refractivity contribution in [1.82, 2.24) is 36.6 Å². The van der Waals surface area contributed by atoms with Crippen molar-refractivity contribution >= 4 is 41.5 Å². The van der Waals surface area contributed by atoms with Crippen molar-refractivity contribution in [2.45, 2.75) is 88.8 Å². The number of benzene rings is 1. The lowest BCUT2D eigenvalue weighted by Crippen LogP contribution is -2.62. The minimum absolute atomic E-state index is 0.0818. The van der Waals surface area contributed by atoms with Crippen LogP contribution in [0.15, 0.2) is 47.8 Å². The second-order valence-corrected chi connectivity index (χ2v) is 12.7. The summed E-state index contributed by atoms with van der Waals surface area (Å²) in [6, 6.07) is 0.789. The second kappa shape index (κ2) is 21.7. The van der Waals surface area contributed by atoms with Crippen molar-refractivity contribution in [3.05, 3.63) is 54.1 Å². The summed E-state index contributed by atoms with van der Waals surface area (Å²) in [4.78, 5) is 88.5. The number of hydrogen-bond donors (Lipinski definition) is 12. The number of rotatable bonds is 22. The van der Waals surface area contributed by atoms with E-state index in [4.69, 9.17) is 17.2 Å². The highest BCUT2D eigenvalue weighted by molar-refractivity contribution is 5.96. The average Bonchev–Trinajstić information content (AvgIpc) is 3.62. The van der Waals surface area contributed by atoms with E-state index >= 15 is 0 Å². The molecule has 0 aliphatic heterocycles. The predicted octanol–water partition coefficient (Wildman–Crippen LogP) is -3.89. The summed E-state index contributed by atoms with van der Waals surface area (Å²) in [6.07, 6.45) is 1.37. The molecule has 0 unspecified atom stereocenters. The largest absolute Gasteiger partial charge is 0.480 e. The van der Waals surface area contributed by atoms with Crippen LogP contribution in [0.2, 0.25) is 0 Å². The zero-order chi connectivity index (χ0) is 39.7. The average molecular weight is 746 g/mol. The summed E-state index contributed by atoms with van der Waals surface area (Å²) in [5.74, 6) is -6.45. The summed E-state index contributed by atoms with van der Waals surface area (Å²) in [5, 5.41) is 41.9. The van der Waals surface area contributed by atoms with Crippen molar-refractivity contribution in [2.75, 3.05) is 13.2 Å². The fourth-order valence-corrected chi connectivity index (χ4v) is 4.99. The highest BCUT2D eigenvalue weighted by Gasteiger charge is 2.35. The number of aliphatic imine (C=N–C) groups is 1. The Labute approximate surface area is 306 Å². The van der Waals surface area contributed by atoms with Crippen molar-refractivity contribution in [1.29, 1.82) is 0 Å². The SMILES string of the molecule is CC(C)[C@H](NC(=O)[C@@H](N)Cc1ccccc1)C(=O)N[C@@H](Cc1cnc[nH]1)C(=O)N[C@H](C(=O)N[C@@H](CO)C(=O)N[C@@H](CCCN=C(N)N)C(=O)O)[C@@H](C)O. The molecule has 0 radical (unpaired) electrons. The van der Waals surface area contributed by atoms with Crippen LogP contribution in [0.4, 0.5) is 0 Å². The molecule has 2 rings (SSSR count). The molecule has 5 amide bonds. The Morgan fingerprint density at radius 3 is 1.94 bits per heavy atom. The fraction of sp³-hybridized carbons (Fsp3) is 0.515.